The first kappa shape index (κ1) is 25.6. The summed E-state index contributed by atoms with van der Waals surface area (Å²) in [4.78, 5) is 32.6. The number of benzene rings is 1. The van der Waals surface area contributed by atoms with E-state index in [9.17, 15) is 14.7 Å². The standard InChI is InChI=1S/C28H29N5O4S/c1-4-5-6-9-16-37-20-13-11-19(12-14-20)24-22(26(35)27(36)33(24)28-31-30-18(3)38-28)25(34)23-17(2)29-21-10-7-8-15-32(21)23/h7-8,10-15,24,34H,4-6,9,16H2,1-3H3/b25-22+. The molecule has 1 amide bonds. The number of fused-ring (bicyclic) bond motifs is 1. The Hall–Kier alpha value is -4.05. The van der Waals surface area contributed by atoms with Crippen LogP contribution in [0.1, 0.15) is 60.6 Å². The van der Waals surface area contributed by atoms with E-state index in [0.717, 1.165) is 19.3 Å². The lowest BCUT2D eigenvalue weighted by molar-refractivity contribution is -0.132. The number of amides is 1. The van der Waals surface area contributed by atoms with Gasteiger partial charge in [0.2, 0.25) is 5.13 Å². The molecule has 196 valence electrons. The van der Waals surface area contributed by atoms with E-state index in [1.807, 2.05) is 42.5 Å². The average molecular weight is 532 g/mol. The van der Waals surface area contributed by atoms with Gasteiger partial charge >= 0.3 is 5.91 Å². The molecular weight excluding hydrogens is 502 g/mol. The van der Waals surface area contributed by atoms with Gasteiger partial charge in [-0.1, -0.05) is 55.7 Å². The Morgan fingerprint density at radius 3 is 2.55 bits per heavy atom. The van der Waals surface area contributed by atoms with E-state index in [4.69, 9.17) is 4.74 Å². The van der Waals surface area contributed by atoms with Gasteiger partial charge in [0.15, 0.2) is 5.76 Å². The van der Waals surface area contributed by atoms with Gasteiger partial charge in [0.25, 0.3) is 5.78 Å². The highest BCUT2D eigenvalue weighted by molar-refractivity contribution is 7.15. The average Bonchev–Trinajstić information content (AvgIpc) is 3.57. The normalized spacial score (nSPS) is 17.0. The first-order chi connectivity index (χ1) is 18.4. The summed E-state index contributed by atoms with van der Waals surface area (Å²) in [7, 11) is 0. The molecule has 0 aliphatic carbocycles. The topological polar surface area (TPSA) is 110 Å². The molecular formula is C28H29N5O4S. The fraction of sp³-hybridized carbons (Fsp3) is 0.321. The predicted octanol–water partition coefficient (Wildman–Crippen LogP) is 5.39. The highest BCUT2D eigenvalue weighted by Crippen LogP contribution is 2.43. The van der Waals surface area contributed by atoms with Crippen molar-refractivity contribution >= 4 is 39.6 Å². The molecule has 4 heterocycles. The SMILES string of the molecule is CCCCCCOc1ccc(C2/C(=C(\O)c3c(C)nc4ccccn34)C(=O)C(=O)N2c2nnc(C)s2)cc1. The minimum atomic E-state index is -0.894. The highest BCUT2D eigenvalue weighted by atomic mass is 32.1. The Labute approximate surface area is 224 Å². The molecule has 0 saturated carbocycles. The Balaban J connectivity index is 1.58. The molecule has 1 aromatic carbocycles. The summed E-state index contributed by atoms with van der Waals surface area (Å²) in [5, 5.41) is 20.7. The second kappa shape index (κ2) is 10.7. The summed E-state index contributed by atoms with van der Waals surface area (Å²) in [6.07, 6.45) is 6.20. The van der Waals surface area contributed by atoms with Crippen molar-refractivity contribution in [1.29, 1.82) is 0 Å². The lowest BCUT2D eigenvalue weighted by Crippen LogP contribution is -2.29. The summed E-state index contributed by atoms with van der Waals surface area (Å²) in [6.45, 7) is 6.33. The summed E-state index contributed by atoms with van der Waals surface area (Å²) in [5.41, 5.74) is 2.15. The Kier molecular flexibility index (Phi) is 7.24. The van der Waals surface area contributed by atoms with Gasteiger partial charge in [-0.25, -0.2) is 4.98 Å². The number of pyridine rings is 1. The van der Waals surface area contributed by atoms with E-state index in [0.29, 0.717) is 45.1 Å². The predicted molar refractivity (Wildman–Crippen MR) is 145 cm³/mol. The Morgan fingerprint density at radius 1 is 1.05 bits per heavy atom. The Bertz CT molecular complexity index is 1520. The molecule has 9 nitrogen and oxygen atoms in total. The number of aliphatic hydroxyl groups excluding tert-OH is 1. The smallest absolute Gasteiger partial charge is 0.301 e. The summed E-state index contributed by atoms with van der Waals surface area (Å²) in [5.74, 6) is -1.14. The van der Waals surface area contributed by atoms with Gasteiger partial charge in [0, 0.05) is 6.20 Å². The Morgan fingerprint density at radius 2 is 1.84 bits per heavy atom. The van der Waals surface area contributed by atoms with Crippen molar-refractivity contribution in [1.82, 2.24) is 19.6 Å². The monoisotopic (exact) mass is 531 g/mol. The van der Waals surface area contributed by atoms with Crippen LogP contribution in [0.25, 0.3) is 11.4 Å². The molecule has 0 radical (unpaired) electrons. The first-order valence-corrected chi connectivity index (χ1v) is 13.5. The fourth-order valence-electron chi connectivity index (χ4n) is 4.72. The number of anilines is 1. The van der Waals surface area contributed by atoms with Crippen molar-refractivity contribution in [2.24, 2.45) is 0 Å². The number of hydrogen-bond donors (Lipinski definition) is 1. The van der Waals surface area contributed by atoms with Crippen molar-refractivity contribution in [2.75, 3.05) is 11.5 Å². The van der Waals surface area contributed by atoms with E-state index in [1.54, 1.807) is 24.4 Å². The minimum absolute atomic E-state index is 0.0233. The van der Waals surface area contributed by atoms with Gasteiger partial charge in [0.05, 0.1) is 23.9 Å². The zero-order chi connectivity index (χ0) is 26.8. The van der Waals surface area contributed by atoms with Crippen molar-refractivity contribution in [3.8, 4) is 5.75 Å². The maximum Gasteiger partial charge on any atom is 0.301 e. The van der Waals surface area contributed by atoms with Crippen LogP contribution in [0.2, 0.25) is 0 Å². The lowest BCUT2D eigenvalue weighted by atomic mass is 9.96. The number of ether oxygens (including phenoxy) is 1. The van der Waals surface area contributed by atoms with Crippen LogP contribution in [0.5, 0.6) is 5.75 Å². The fourth-order valence-corrected chi connectivity index (χ4v) is 5.43. The highest BCUT2D eigenvalue weighted by Gasteiger charge is 2.48. The van der Waals surface area contributed by atoms with Crippen LogP contribution in [0.4, 0.5) is 5.13 Å². The number of aromatic nitrogens is 4. The number of aryl methyl sites for hydroxylation is 2. The van der Waals surface area contributed by atoms with Crippen molar-refractivity contribution < 1.29 is 19.4 Å². The van der Waals surface area contributed by atoms with Crippen molar-refractivity contribution in [3.63, 3.8) is 0 Å². The summed E-state index contributed by atoms with van der Waals surface area (Å²) >= 11 is 1.21. The number of ketones is 1. The third kappa shape index (κ3) is 4.67. The molecule has 1 saturated heterocycles. The van der Waals surface area contributed by atoms with E-state index in [2.05, 4.69) is 22.1 Å². The van der Waals surface area contributed by atoms with Crippen molar-refractivity contribution in [2.45, 2.75) is 52.5 Å². The molecule has 0 spiro atoms. The molecule has 0 bridgehead atoms. The number of aliphatic hydroxyl groups is 1. The molecule has 1 aliphatic rings. The largest absolute Gasteiger partial charge is 0.505 e. The van der Waals surface area contributed by atoms with Gasteiger partial charge in [-0.3, -0.25) is 18.9 Å². The lowest BCUT2D eigenvalue weighted by Gasteiger charge is -2.22. The zero-order valence-electron chi connectivity index (χ0n) is 21.5. The summed E-state index contributed by atoms with van der Waals surface area (Å²) < 4.78 is 7.59. The molecule has 1 unspecified atom stereocenters. The quantitative estimate of drug-likeness (QED) is 0.133. The maximum atomic E-state index is 13.5. The van der Waals surface area contributed by atoms with Crippen LogP contribution >= 0.6 is 11.3 Å². The van der Waals surface area contributed by atoms with Crippen LogP contribution in [0.3, 0.4) is 0 Å². The number of rotatable bonds is 9. The van der Waals surface area contributed by atoms with Gasteiger partial charge < -0.3 is 9.84 Å². The van der Waals surface area contributed by atoms with E-state index >= 15 is 0 Å². The van der Waals surface area contributed by atoms with Crippen LogP contribution in [0.15, 0.2) is 54.2 Å². The van der Waals surface area contributed by atoms with E-state index in [1.165, 1.54) is 22.7 Å². The van der Waals surface area contributed by atoms with Crippen LogP contribution in [-0.2, 0) is 9.59 Å². The molecule has 1 atom stereocenters. The molecule has 1 aliphatic heterocycles. The second-order valence-corrected chi connectivity index (χ2v) is 10.4. The van der Waals surface area contributed by atoms with Crippen molar-refractivity contribution in [3.05, 3.63) is 76.2 Å². The molecule has 1 fully saturated rings. The van der Waals surface area contributed by atoms with Crippen LogP contribution in [0, 0.1) is 13.8 Å². The third-order valence-corrected chi connectivity index (χ3v) is 7.39. The molecule has 5 rings (SSSR count). The van der Waals surface area contributed by atoms with Gasteiger partial charge in [0.1, 0.15) is 22.1 Å². The zero-order valence-corrected chi connectivity index (χ0v) is 22.4. The van der Waals surface area contributed by atoms with Crippen LogP contribution < -0.4 is 9.64 Å². The second-order valence-electron chi connectivity index (χ2n) is 9.23. The number of hydrogen-bond acceptors (Lipinski definition) is 8. The number of carbonyl (C=O) groups excluding carboxylic acids is 2. The van der Waals surface area contributed by atoms with Gasteiger partial charge in [-0.15, -0.1) is 10.2 Å². The number of carbonyl (C=O) groups is 2. The molecule has 10 heteroatoms. The van der Waals surface area contributed by atoms with Crippen LogP contribution in [-0.4, -0.2) is 43.0 Å². The summed E-state index contributed by atoms with van der Waals surface area (Å²) in [6, 6.07) is 11.8. The maximum absolute atomic E-state index is 13.5. The first-order valence-electron chi connectivity index (χ1n) is 12.7. The molecule has 38 heavy (non-hydrogen) atoms. The number of imidazole rings is 1. The number of nitrogens with zero attached hydrogens (tertiary/aromatic N) is 5. The minimum Gasteiger partial charge on any atom is -0.505 e. The van der Waals surface area contributed by atoms with Gasteiger partial charge in [-0.2, -0.15) is 0 Å². The van der Waals surface area contributed by atoms with Gasteiger partial charge in [-0.05, 0) is 50.1 Å². The van der Waals surface area contributed by atoms with E-state index in [-0.39, 0.29) is 11.3 Å². The van der Waals surface area contributed by atoms with E-state index < -0.39 is 17.7 Å². The number of unbranched alkanes of at least 4 members (excludes halogenated alkanes) is 3. The molecule has 1 N–H and O–H groups in total. The molecule has 4 aromatic rings. The number of Topliss-reactive ketones (excluding diaryl/α,β-unsaturated/α-hetero) is 1. The third-order valence-electron chi connectivity index (χ3n) is 6.56. The molecule has 3 aromatic heterocycles.